The summed E-state index contributed by atoms with van der Waals surface area (Å²) in [6.45, 7) is 4.06. The van der Waals surface area contributed by atoms with Gasteiger partial charge in [0.2, 0.25) is 0 Å². The zero-order chi connectivity index (χ0) is 13.7. The van der Waals surface area contributed by atoms with Crippen LogP contribution in [-0.2, 0) is 9.53 Å². The van der Waals surface area contributed by atoms with Crippen LogP contribution >= 0.6 is 11.3 Å². The van der Waals surface area contributed by atoms with E-state index in [1.807, 2.05) is 42.6 Å². The zero-order valence-corrected chi connectivity index (χ0v) is 11.7. The molecular formula is C14H16N2O2S. The van der Waals surface area contributed by atoms with E-state index in [1.165, 1.54) is 11.3 Å². The highest BCUT2D eigenvalue weighted by Crippen LogP contribution is 2.24. The molecule has 100 valence electrons. The maximum atomic E-state index is 12.0. The largest absolute Gasteiger partial charge is 0.464 e. The van der Waals surface area contributed by atoms with Gasteiger partial charge in [0, 0.05) is 16.8 Å². The molecule has 0 aliphatic heterocycles. The SMILES string of the molecule is CCOC(=O)C(Nc1ccccc1)c1nc(C)cs1. The second-order valence-electron chi connectivity index (χ2n) is 4.02. The van der Waals surface area contributed by atoms with Crippen molar-refractivity contribution in [2.45, 2.75) is 19.9 Å². The quantitative estimate of drug-likeness (QED) is 0.852. The number of aryl methyl sites for hydroxylation is 1. The smallest absolute Gasteiger partial charge is 0.335 e. The third-order valence-corrected chi connectivity index (χ3v) is 3.52. The van der Waals surface area contributed by atoms with E-state index in [-0.39, 0.29) is 5.97 Å². The molecule has 19 heavy (non-hydrogen) atoms. The van der Waals surface area contributed by atoms with Gasteiger partial charge in [-0.2, -0.15) is 0 Å². The van der Waals surface area contributed by atoms with Crippen LogP contribution < -0.4 is 5.32 Å². The standard InChI is InChI=1S/C14H16N2O2S/c1-3-18-14(17)12(13-15-10(2)9-19-13)16-11-7-5-4-6-8-11/h4-9,12,16H,3H2,1-2H3. The van der Waals surface area contributed by atoms with Gasteiger partial charge in [-0.1, -0.05) is 18.2 Å². The Balaban J connectivity index is 2.22. The van der Waals surface area contributed by atoms with Gasteiger partial charge in [0.05, 0.1) is 6.61 Å². The van der Waals surface area contributed by atoms with Gasteiger partial charge in [-0.05, 0) is 26.0 Å². The lowest BCUT2D eigenvalue weighted by Gasteiger charge is -2.16. The Morgan fingerprint density at radius 2 is 2.16 bits per heavy atom. The van der Waals surface area contributed by atoms with Crippen LogP contribution in [-0.4, -0.2) is 17.6 Å². The van der Waals surface area contributed by atoms with Crippen molar-refractivity contribution in [2.75, 3.05) is 11.9 Å². The monoisotopic (exact) mass is 276 g/mol. The van der Waals surface area contributed by atoms with Crippen molar-refractivity contribution >= 4 is 23.0 Å². The molecule has 1 aromatic carbocycles. The van der Waals surface area contributed by atoms with Crippen molar-refractivity contribution in [2.24, 2.45) is 0 Å². The van der Waals surface area contributed by atoms with E-state index in [0.29, 0.717) is 6.61 Å². The summed E-state index contributed by atoms with van der Waals surface area (Å²) in [5.41, 5.74) is 1.78. The Bertz CT molecular complexity index is 539. The second kappa shape index (κ2) is 6.33. The number of para-hydroxylation sites is 1. The van der Waals surface area contributed by atoms with Gasteiger partial charge in [0.15, 0.2) is 6.04 Å². The topological polar surface area (TPSA) is 51.2 Å². The second-order valence-corrected chi connectivity index (χ2v) is 4.91. The minimum Gasteiger partial charge on any atom is -0.464 e. The zero-order valence-electron chi connectivity index (χ0n) is 10.9. The molecule has 0 aliphatic rings. The molecule has 0 aliphatic carbocycles. The summed E-state index contributed by atoms with van der Waals surface area (Å²) in [4.78, 5) is 16.4. The van der Waals surface area contributed by atoms with Gasteiger partial charge in [-0.3, -0.25) is 0 Å². The predicted molar refractivity (Wildman–Crippen MR) is 76.3 cm³/mol. The molecule has 5 heteroatoms. The molecule has 0 bridgehead atoms. The maximum Gasteiger partial charge on any atom is 0.335 e. The van der Waals surface area contributed by atoms with Crippen molar-refractivity contribution < 1.29 is 9.53 Å². The van der Waals surface area contributed by atoms with Gasteiger partial charge < -0.3 is 10.1 Å². The van der Waals surface area contributed by atoms with Crippen LogP contribution in [0.2, 0.25) is 0 Å². The number of aromatic nitrogens is 1. The van der Waals surface area contributed by atoms with Crippen molar-refractivity contribution in [3.8, 4) is 0 Å². The third-order valence-electron chi connectivity index (χ3n) is 2.49. The molecule has 2 aromatic rings. The Hall–Kier alpha value is -1.88. The van der Waals surface area contributed by atoms with E-state index in [2.05, 4.69) is 10.3 Å². The van der Waals surface area contributed by atoms with E-state index in [9.17, 15) is 4.79 Å². The number of ether oxygens (including phenoxy) is 1. The molecule has 2 rings (SSSR count). The Morgan fingerprint density at radius 1 is 1.42 bits per heavy atom. The third kappa shape index (κ3) is 3.54. The fourth-order valence-corrected chi connectivity index (χ4v) is 2.48. The number of hydrogen-bond acceptors (Lipinski definition) is 5. The average Bonchev–Trinajstić information content (AvgIpc) is 2.84. The molecule has 1 atom stereocenters. The molecule has 1 heterocycles. The lowest BCUT2D eigenvalue weighted by Crippen LogP contribution is -2.23. The van der Waals surface area contributed by atoms with E-state index < -0.39 is 6.04 Å². The first-order valence-electron chi connectivity index (χ1n) is 6.11. The molecule has 0 saturated carbocycles. The fraction of sp³-hybridized carbons (Fsp3) is 0.286. The number of rotatable bonds is 5. The molecule has 0 saturated heterocycles. The predicted octanol–water partition coefficient (Wildman–Crippen LogP) is 3.17. The van der Waals surface area contributed by atoms with Gasteiger partial charge >= 0.3 is 5.97 Å². The molecule has 4 nitrogen and oxygen atoms in total. The van der Waals surface area contributed by atoms with Gasteiger partial charge in [0.25, 0.3) is 0 Å². The van der Waals surface area contributed by atoms with E-state index in [0.717, 1.165) is 16.4 Å². The van der Waals surface area contributed by atoms with E-state index in [4.69, 9.17) is 4.74 Å². The number of esters is 1. The molecule has 0 radical (unpaired) electrons. The van der Waals surface area contributed by atoms with Crippen LogP contribution in [0.5, 0.6) is 0 Å². The summed E-state index contributed by atoms with van der Waals surface area (Å²) < 4.78 is 5.11. The van der Waals surface area contributed by atoms with Gasteiger partial charge in [-0.25, -0.2) is 9.78 Å². The van der Waals surface area contributed by atoms with Crippen molar-refractivity contribution in [3.63, 3.8) is 0 Å². The minimum absolute atomic E-state index is 0.305. The van der Waals surface area contributed by atoms with Crippen molar-refractivity contribution in [3.05, 3.63) is 46.4 Å². The molecule has 0 spiro atoms. The first-order chi connectivity index (χ1) is 9.20. The Kier molecular flexibility index (Phi) is 4.52. The van der Waals surface area contributed by atoms with Crippen molar-refractivity contribution in [1.82, 2.24) is 4.98 Å². The highest BCUT2D eigenvalue weighted by atomic mass is 32.1. The summed E-state index contributed by atoms with van der Waals surface area (Å²) in [6, 6.07) is 9.02. The van der Waals surface area contributed by atoms with Crippen LogP contribution in [0, 0.1) is 6.92 Å². The maximum absolute atomic E-state index is 12.0. The number of nitrogens with one attached hydrogen (secondary N) is 1. The molecule has 1 N–H and O–H groups in total. The number of anilines is 1. The summed E-state index contributed by atoms with van der Waals surface area (Å²) in [5.74, 6) is -0.305. The van der Waals surface area contributed by atoms with Crippen molar-refractivity contribution in [1.29, 1.82) is 0 Å². The molecule has 1 aromatic heterocycles. The highest BCUT2D eigenvalue weighted by molar-refractivity contribution is 7.09. The number of hydrogen-bond donors (Lipinski definition) is 1. The molecular weight excluding hydrogens is 260 g/mol. The number of carbonyl (C=O) groups excluding carboxylic acids is 1. The lowest BCUT2D eigenvalue weighted by molar-refractivity contribution is -0.144. The molecule has 1 unspecified atom stereocenters. The first-order valence-corrected chi connectivity index (χ1v) is 6.99. The average molecular weight is 276 g/mol. The Morgan fingerprint density at radius 3 is 2.74 bits per heavy atom. The minimum atomic E-state index is -0.555. The number of nitrogens with zero attached hydrogens (tertiary/aromatic N) is 1. The van der Waals surface area contributed by atoms with Crippen LogP contribution in [0.3, 0.4) is 0 Å². The highest BCUT2D eigenvalue weighted by Gasteiger charge is 2.24. The fourth-order valence-electron chi connectivity index (χ4n) is 1.65. The summed E-state index contributed by atoms with van der Waals surface area (Å²) in [5, 5.41) is 5.81. The molecule has 0 fully saturated rings. The van der Waals surface area contributed by atoms with Gasteiger partial charge in [0.1, 0.15) is 5.01 Å². The van der Waals surface area contributed by atoms with Crippen LogP contribution in [0.25, 0.3) is 0 Å². The van der Waals surface area contributed by atoms with Crippen LogP contribution in [0.4, 0.5) is 5.69 Å². The first kappa shape index (κ1) is 13.5. The number of carbonyl (C=O) groups is 1. The normalized spacial score (nSPS) is 11.9. The number of benzene rings is 1. The van der Waals surface area contributed by atoms with E-state index >= 15 is 0 Å². The van der Waals surface area contributed by atoms with E-state index in [1.54, 1.807) is 6.92 Å². The summed E-state index contributed by atoms with van der Waals surface area (Å²) in [6.07, 6.45) is 0. The summed E-state index contributed by atoms with van der Waals surface area (Å²) in [7, 11) is 0. The molecule has 0 amide bonds. The summed E-state index contributed by atoms with van der Waals surface area (Å²) >= 11 is 1.46. The van der Waals surface area contributed by atoms with Crippen LogP contribution in [0.15, 0.2) is 35.7 Å². The number of thiazole rings is 1. The van der Waals surface area contributed by atoms with Crippen LogP contribution in [0.1, 0.15) is 23.7 Å². The Labute approximate surface area is 116 Å². The van der Waals surface area contributed by atoms with Gasteiger partial charge in [-0.15, -0.1) is 11.3 Å². The lowest BCUT2D eigenvalue weighted by atomic mass is 10.2.